The van der Waals surface area contributed by atoms with E-state index in [1.807, 2.05) is 0 Å². The molecule has 2 rings (SSSR count). The Labute approximate surface area is 125 Å². The highest BCUT2D eigenvalue weighted by Gasteiger charge is 2.38. The van der Waals surface area contributed by atoms with Crippen molar-refractivity contribution in [3.8, 4) is 0 Å². The Hall–Kier alpha value is -2.34. The van der Waals surface area contributed by atoms with Gasteiger partial charge in [0.05, 0.1) is 0 Å². The summed E-state index contributed by atoms with van der Waals surface area (Å²) in [5.74, 6) is -2.80. The monoisotopic (exact) mass is 309 g/mol. The summed E-state index contributed by atoms with van der Waals surface area (Å²) in [5, 5.41) is 2.18. The van der Waals surface area contributed by atoms with Crippen LogP contribution < -0.4 is 5.32 Å². The molecule has 0 spiro atoms. The number of halogens is 1. The van der Waals surface area contributed by atoms with Crippen LogP contribution in [0.15, 0.2) is 36.0 Å². The Balaban J connectivity index is 2.12. The van der Waals surface area contributed by atoms with Gasteiger partial charge < -0.3 is 14.8 Å². The second-order valence-corrected chi connectivity index (χ2v) is 5.08. The summed E-state index contributed by atoms with van der Waals surface area (Å²) in [6.45, 7) is 2.93. The Bertz CT molecular complexity index is 611. The molecule has 21 heavy (non-hydrogen) atoms. The SMILES string of the molecule is CC1(C)OC(=O)C(=CNc2ccc(C(=O)Cl)cc2)C(=O)O1. The quantitative estimate of drug-likeness (QED) is 0.399. The van der Waals surface area contributed by atoms with E-state index in [1.165, 1.54) is 32.2 Å². The van der Waals surface area contributed by atoms with Crippen molar-refractivity contribution in [3.05, 3.63) is 41.6 Å². The number of rotatable bonds is 3. The van der Waals surface area contributed by atoms with Gasteiger partial charge in [-0.15, -0.1) is 0 Å². The standard InChI is InChI=1S/C14H12ClNO5/c1-14(2)20-12(18)10(13(19)21-14)7-16-9-5-3-8(4-6-9)11(15)17/h3-7,16H,1-2H3. The molecule has 0 unspecified atom stereocenters. The lowest BCUT2D eigenvalue weighted by Gasteiger charge is -2.29. The molecule has 6 nitrogen and oxygen atoms in total. The van der Waals surface area contributed by atoms with Crippen molar-refractivity contribution >= 4 is 34.5 Å². The summed E-state index contributed by atoms with van der Waals surface area (Å²) < 4.78 is 9.89. The van der Waals surface area contributed by atoms with Crippen LogP contribution in [0, 0.1) is 0 Å². The number of ether oxygens (including phenoxy) is 2. The van der Waals surface area contributed by atoms with Gasteiger partial charge >= 0.3 is 11.9 Å². The van der Waals surface area contributed by atoms with Gasteiger partial charge in [-0.05, 0) is 35.9 Å². The van der Waals surface area contributed by atoms with Crippen LogP contribution in [0.2, 0.25) is 0 Å². The molecule has 0 saturated carbocycles. The van der Waals surface area contributed by atoms with Crippen molar-refractivity contribution in [1.29, 1.82) is 0 Å². The number of carbonyl (C=O) groups excluding carboxylic acids is 3. The first kappa shape index (κ1) is 15.1. The molecule has 0 amide bonds. The van der Waals surface area contributed by atoms with E-state index in [2.05, 4.69) is 5.32 Å². The lowest BCUT2D eigenvalue weighted by Crippen LogP contribution is -2.42. The van der Waals surface area contributed by atoms with Crippen molar-refractivity contribution in [2.24, 2.45) is 0 Å². The van der Waals surface area contributed by atoms with E-state index in [1.54, 1.807) is 12.1 Å². The maximum atomic E-state index is 11.7. The van der Waals surface area contributed by atoms with E-state index in [0.717, 1.165) is 0 Å². The molecule has 1 aromatic carbocycles. The first-order chi connectivity index (χ1) is 9.78. The predicted molar refractivity (Wildman–Crippen MR) is 74.6 cm³/mol. The fourth-order valence-corrected chi connectivity index (χ4v) is 1.76. The Morgan fingerprint density at radius 2 is 1.67 bits per heavy atom. The highest BCUT2D eigenvalue weighted by molar-refractivity contribution is 6.67. The third-order valence-electron chi connectivity index (χ3n) is 2.61. The third-order valence-corrected chi connectivity index (χ3v) is 2.83. The number of nitrogens with one attached hydrogen (secondary N) is 1. The molecule has 0 atom stereocenters. The summed E-state index contributed by atoms with van der Waals surface area (Å²) in [7, 11) is 0. The molecule has 0 aliphatic carbocycles. The van der Waals surface area contributed by atoms with Gasteiger partial charge in [-0.1, -0.05) is 0 Å². The molecule has 1 aliphatic rings. The molecular formula is C14H12ClNO5. The smallest absolute Gasteiger partial charge is 0.350 e. The number of hydrogen-bond acceptors (Lipinski definition) is 6. The first-order valence-electron chi connectivity index (χ1n) is 6.02. The molecule has 7 heteroatoms. The van der Waals surface area contributed by atoms with Crippen molar-refractivity contribution in [1.82, 2.24) is 0 Å². The number of cyclic esters (lactones) is 2. The Morgan fingerprint density at radius 1 is 1.14 bits per heavy atom. The summed E-state index contributed by atoms with van der Waals surface area (Å²) >= 11 is 5.33. The molecule has 1 aromatic rings. The minimum atomic E-state index is -1.27. The first-order valence-corrected chi connectivity index (χ1v) is 6.39. The fraction of sp³-hybridized carbons (Fsp3) is 0.214. The summed E-state index contributed by atoms with van der Waals surface area (Å²) in [4.78, 5) is 34.3. The number of anilines is 1. The number of esters is 2. The second-order valence-electron chi connectivity index (χ2n) is 4.73. The molecule has 1 fully saturated rings. The second kappa shape index (κ2) is 5.57. The van der Waals surface area contributed by atoms with E-state index in [4.69, 9.17) is 21.1 Å². The van der Waals surface area contributed by atoms with E-state index < -0.39 is 23.0 Å². The molecule has 1 saturated heterocycles. The van der Waals surface area contributed by atoms with Gasteiger partial charge in [0.1, 0.15) is 0 Å². The highest BCUT2D eigenvalue weighted by Crippen LogP contribution is 2.22. The molecule has 0 aromatic heterocycles. The van der Waals surface area contributed by atoms with E-state index in [9.17, 15) is 14.4 Å². The van der Waals surface area contributed by atoms with E-state index in [-0.39, 0.29) is 5.57 Å². The molecular weight excluding hydrogens is 298 g/mol. The zero-order chi connectivity index (χ0) is 15.6. The van der Waals surface area contributed by atoms with Gasteiger partial charge in [-0.2, -0.15) is 0 Å². The van der Waals surface area contributed by atoms with Gasteiger partial charge in [0.15, 0.2) is 5.57 Å². The normalized spacial score (nSPS) is 16.8. The fourth-order valence-electron chi connectivity index (χ4n) is 1.63. The zero-order valence-electron chi connectivity index (χ0n) is 11.3. The van der Waals surface area contributed by atoms with Gasteiger partial charge in [0.25, 0.3) is 11.0 Å². The van der Waals surface area contributed by atoms with Crippen LogP contribution in [0.4, 0.5) is 5.69 Å². The number of carbonyl (C=O) groups is 3. The molecule has 1 N–H and O–H groups in total. The van der Waals surface area contributed by atoms with Crippen molar-refractivity contribution in [2.75, 3.05) is 5.32 Å². The van der Waals surface area contributed by atoms with Crippen LogP contribution in [-0.4, -0.2) is 23.0 Å². The molecule has 0 bridgehead atoms. The maximum absolute atomic E-state index is 11.7. The van der Waals surface area contributed by atoms with E-state index in [0.29, 0.717) is 11.3 Å². The predicted octanol–water partition coefficient (Wildman–Crippen LogP) is 2.20. The van der Waals surface area contributed by atoms with Gasteiger partial charge in [-0.3, -0.25) is 4.79 Å². The summed E-state index contributed by atoms with van der Waals surface area (Å²) in [6.07, 6.45) is 1.19. The number of hydrogen-bond donors (Lipinski definition) is 1. The Kier molecular flexibility index (Phi) is 3.99. The Morgan fingerprint density at radius 3 is 2.14 bits per heavy atom. The summed E-state index contributed by atoms with van der Waals surface area (Å²) in [5.41, 5.74) is 0.662. The van der Waals surface area contributed by atoms with Gasteiger partial charge in [0.2, 0.25) is 0 Å². The highest BCUT2D eigenvalue weighted by atomic mass is 35.5. The van der Waals surface area contributed by atoms with Crippen molar-refractivity contribution in [3.63, 3.8) is 0 Å². The molecule has 110 valence electrons. The van der Waals surface area contributed by atoms with Crippen LogP contribution in [-0.2, 0) is 19.1 Å². The van der Waals surface area contributed by atoms with Crippen LogP contribution in [0.3, 0.4) is 0 Å². The summed E-state index contributed by atoms with van der Waals surface area (Å²) in [6, 6.07) is 6.18. The largest absolute Gasteiger partial charge is 0.419 e. The topological polar surface area (TPSA) is 81.7 Å². The lowest BCUT2D eigenvalue weighted by atomic mass is 10.2. The minimum absolute atomic E-state index is 0.244. The van der Waals surface area contributed by atoms with Crippen LogP contribution in [0.1, 0.15) is 24.2 Å². The lowest BCUT2D eigenvalue weighted by molar-refractivity contribution is -0.222. The average Bonchev–Trinajstić information content (AvgIpc) is 2.36. The molecule has 1 aliphatic heterocycles. The number of benzene rings is 1. The van der Waals surface area contributed by atoms with Crippen LogP contribution in [0.25, 0.3) is 0 Å². The zero-order valence-corrected chi connectivity index (χ0v) is 12.1. The van der Waals surface area contributed by atoms with Crippen LogP contribution >= 0.6 is 11.6 Å². The maximum Gasteiger partial charge on any atom is 0.350 e. The van der Waals surface area contributed by atoms with Crippen molar-refractivity contribution in [2.45, 2.75) is 19.6 Å². The molecule has 1 heterocycles. The van der Waals surface area contributed by atoms with E-state index >= 15 is 0 Å². The molecule has 0 radical (unpaired) electrons. The van der Waals surface area contributed by atoms with Crippen molar-refractivity contribution < 1.29 is 23.9 Å². The van der Waals surface area contributed by atoms with Crippen LogP contribution in [0.5, 0.6) is 0 Å². The third kappa shape index (κ3) is 3.61. The average molecular weight is 310 g/mol. The van der Waals surface area contributed by atoms with Gasteiger partial charge in [0, 0.05) is 31.3 Å². The van der Waals surface area contributed by atoms with Gasteiger partial charge in [-0.25, -0.2) is 9.59 Å². The minimum Gasteiger partial charge on any atom is -0.419 e.